The van der Waals surface area contributed by atoms with Crippen LogP contribution in [0.25, 0.3) is 27.2 Å². The highest BCUT2D eigenvalue weighted by molar-refractivity contribution is 6.19. The molecule has 224 valence electrons. The third kappa shape index (κ3) is 3.97. The summed E-state index contributed by atoms with van der Waals surface area (Å²) in [5.41, 5.74) is 11.2. The van der Waals surface area contributed by atoms with Gasteiger partial charge in [-0.15, -0.1) is 0 Å². The lowest BCUT2D eigenvalue weighted by atomic mass is 9.74. The molecule has 9 rings (SSSR count). The molecule has 0 amide bonds. The summed E-state index contributed by atoms with van der Waals surface area (Å²) in [6.45, 7) is 9.40. The van der Waals surface area contributed by atoms with Gasteiger partial charge in [-0.05, 0) is 78.2 Å². The number of nitrogens with zero attached hydrogens (tertiary/aromatic N) is 3. The van der Waals surface area contributed by atoms with Gasteiger partial charge in [0.2, 0.25) is 0 Å². The molecule has 5 aromatic rings. The monoisotopic (exact) mass is 594 g/mol. The average molecular weight is 595 g/mol. The molecule has 0 spiro atoms. The van der Waals surface area contributed by atoms with Crippen molar-refractivity contribution in [1.29, 1.82) is 0 Å². The second kappa shape index (κ2) is 9.74. The van der Waals surface area contributed by atoms with Crippen LogP contribution in [0.1, 0.15) is 78.7 Å². The molecular formula is C43H36N3-. The predicted octanol–water partition coefficient (Wildman–Crippen LogP) is 10.5. The Bertz CT molecular complexity index is 2210. The van der Waals surface area contributed by atoms with Crippen molar-refractivity contribution in [2.24, 2.45) is 15.9 Å². The Kier molecular flexibility index (Phi) is 5.78. The molecule has 3 heteroatoms. The first-order chi connectivity index (χ1) is 22.3. The summed E-state index contributed by atoms with van der Waals surface area (Å²) in [6.07, 6.45) is 8.72. The van der Waals surface area contributed by atoms with Crippen LogP contribution in [-0.4, -0.2) is 11.7 Å². The van der Waals surface area contributed by atoms with Crippen LogP contribution in [0.4, 0.5) is 0 Å². The Morgan fingerprint density at radius 1 is 0.630 bits per heavy atom. The number of rotatable bonds is 3. The molecule has 3 nitrogen and oxygen atoms in total. The standard InChI is InChI=1S/C43H36N3/c1-42(2)35-15-9-7-13-31(35)33-21-19-29(24-37(33)42)40-44-39(28-18-17-26-11-5-6-12-27(26)23-28)45-41(46-40)30-20-22-34-32-14-8-10-16-36(32)43(3,4)38(34)25-30/h5-25,31,35,41H,1-4H3/q-1. The molecule has 0 saturated heterocycles. The minimum atomic E-state index is -0.395. The molecule has 4 aliphatic rings. The number of amidine groups is 2. The van der Waals surface area contributed by atoms with E-state index in [2.05, 4.69) is 155 Å². The van der Waals surface area contributed by atoms with E-state index in [-0.39, 0.29) is 10.8 Å². The average Bonchev–Trinajstić information content (AvgIpc) is 3.47. The van der Waals surface area contributed by atoms with E-state index in [0.29, 0.717) is 11.8 Å². The molecule has 1 heterocycles. The van der Waals surface area contributed by atoms with Crippen molar-refractivity contribution in [1.82, 2.24) is 0 Å². The smallest absolute Gasteiger partial charge is 0.0822 e. The lowest BCUT2D eigenvalue weighted by molar-refractivity contribution is 0.394. The molecule has 0 saturated carbocycles. The van der Waals surface area contributed by atoms with E-state index < -0.39 is 6.17 Å². The van der Waals surface area contributed by atoms with Crippen LogP contribution in [0.5, 0.6) is 0 Å². The van der Waals surface area contributed by atoms with Gasteiger partial charge in [-0.25, -0.2) is 0 Å². The van der Waals surface area contributed by atoms with E-state index in [0.717, 1.165) is 28.4 Å². The highest BCUT2D eigenvalue weighted by atomic mass is 15.2. The van der Waals surface area contributed by atoms with Crippen molar-refractivity contribution in [3.8, 4) is 11.1 Å². The fourth-order valence-electron chi connectivity index (χ4n) is 8.37. The molecule has 46 heavy (non-hydrogen) atoms. The number of hydrogen-bond donors (Lipinski definition) is 0. The quantitative estimate of drug-likeness (QED) is 0.199. The van der Waals surface area contributed by atoms with Crippen molar-refractivity contribution in [3.63, 3.8) is 0 Å². The van der Waals surface area contributed by atoms with Crippen LogP contribution >= 0.6 is 0 Å². The molecule has 1 aliphatic heterocycles. The van der Waals surface area contributed by atoms with Crippen molar-refractivity contribution < 1.29 is 0 Å². The molecule has 0 N–H and O–H groups in total. The zero-order valence-corrected chi connectivity index (χ0v) is 26.7. The molecule has 0 fully saturated rings. The highest BCUT2D eigenvalue weighted by Gasteiger charge is 2.44. The van der Waals surface area contributed by atoms with Gasteiger partial charge >= 0.3 is 0 Å². The summed E-state index contributed by atoms with van der Waals surface area (Å²) in [5, 5.41) is 7.67. The molecule has 5 aromatic carbocycles. The second-order valence-electron chi connectivity index (χ2n) is 14.3. The Labute approximate surface area is 271 Å². The molecule has 3 unspecified atom stereocenters. The van der Waals surface area contributed by atoms with Gasteiger partial charge in [0.1, 0.15) is 0 Å². The van der Waals surface area contributed by atoms with Crippen molar-refractivity contribution in [2.45, 2.75) is 50.6 Å². The summed E-state index contributed by atoms with van der Waals surface area (Å²) in [7, 11) is 0. The Hall–Kier alpha value is -5.02. The Balaban J connectivity index is 1.17. The van der Waals surface area contributed by atoms with E-state index in [9.17, 15) is 0 Å². The van der Waals surface area contributed by atoms with Crippen LogP contribution in [-0.2, 0) is 10.8 Å². The number of aliphatic imine (C=N–C) groups is 2. The van der Waals surface area contributed by atoms with Gasteiger partial charge in [0.15, 0.2) is 0 Å². The van der Waals surface area contributed by atoms with Crippen molar-refractivity contribution in [3.05, 3.63) is 172 Å². The van der Waals surface area contributed by atoms with E-state index >= 15 is 0 Å². The highest BCUT2D eigenvalue weighted by Crippen LogP contribution is 2.53. The van der Waals surface area contributed by atoms with Crippen LogP contribution in [0.15, 0.2) is 137 Å². The van der Waals surface area contributed by atoms with Crippen LogP contribution < -0.4 is 0 Å². The first kappa shape index (κ1) is 27.3. The summed E-state index contributed by atoms with van der Waals surface area (Å²) in [6, 6.07) is 37.4. The van der Waals surface area contributed by atoms with Crippen LogP contribution in [0.3, 0.4) is 0 Å². The van der Waals surface area contributed by atoms with Crippen LogP contribution in [0.2, 0.25) is 0 Å². The number of benzene rings is 5. The third-order valence-corrected chi connectivity index (χ3v) is 10.9. The third-order valence-electron chi connectivity index (χ3n) is 10.9. The molecular weight excluding hydrogens is 558 g/mol. The zero-order chi connectivity index (χ0) is 31.2. The number of allylic oxidation sites excluding steroid dienone is 4. The maximum atomic E-state index is 5.28. The van der Waals surface area contributed by atoms with Gasteiger partial charge in [0.05, 0.1) is 12.0 Å². The molecule has 0 radical (unpaired) electrons. The summed E-state index contributed by atoms with van der Waals surface area (Å²) in [4.78, 5) is 10.4. The van der Waals surface area contributed by atoms with E-state index in [1.165, 1.54) is 44.2 Å². The lowest BCUT2D eigenvalue weighted by Crippen LogP contribution is -2.25. The van der Waals surface area contributed by atoms with E-state index in [4.69, 9.17) is 15.3 Å². The van der Waals surface area contributed by atoms with Crippen molar-refractivity contribution >= 4 is 22.4 Å². The second-order valence-corrected chi connectivity index (χ2v) is 14.3. The number of fused-ring (bicyclic) bond motifs is 7. The Morgan fingerprint density at radius 3 is 2.28 bits per heavy atom. The minimum Gasteiger partial charge on any atom is -0.438 e. The summed E-state index contributed by atoms with van der Waals surface area (Å²) >= 11 is 0. The van der Waals surface area contributed by atoms with E-state index in [1.807, 2.05) is 0 Å². The van der Waals surface area contributed by atoms with Crippen LogP contribution in [0, 0.1) is 5.92 Å². The Morgan fingerprint density at radius 2 is 1.39 bits per heavy atom. The normalized spacial score (nSPS) is 22.7. The fourth-order valence-corrected chi connectivity index (χ4v) is 8.37. The fraction of sp³-hybridized carbons (Fsp3) is 0.209. The van der Waals surface area contributed by atoms with Gasteiger partial charge in [-0.3, -0.25) is 4.99 Å². The van der Waals surface area contributed by atoms with Gasteiger partial charge in [0.25, 0.3) is 0 Å². The van der Waals surface area contributed by atoms with Gasteiger partial charge in [-0.1, -0.05) is 155 Å². The maximum Gasteiger partial charge on any atom is 0.0822 e. The molecule has 0 aromatic heterocycles. The SMILES string of the molecule is CC1(C)c2ccccc2-c2ccc(C3N=C(c4ccc5ccccc5c4)N=C(c4ccc5c(c4)C(C)(C)C4C=CC=CC54)[N-]3)cc21. The maximum absolute atomic E-state index is 5.28. The van der Waals surface area contributed by atoms with Gasteiger partial charge in [0, 0.05) is 11.3 Å². The predicted molar refractivity (Wildman–Crippen MR) is 191 cm³/mol. The zero-order valence-electron chi connectivity index (χ0n) is 26.7. The molecule has 3 aliphatic carbocycles. The largest absolute Gasteiger partial charge is 0.438 e. The summed E-state index contributed by atoms with van der Waals surface area (Å²) in [5.74, 6) is 2.33. The lowest BCUT2D eigenvalue weighted by Gasteiger charge is -2.34. The van der Waals surface area contributed by atoms with Crippen molar-refractivity contribution in [2.75, 3.05) is 0 Å². The van der Waals surface area contributed by atoms with Gasteiger partial charge < -0.3 is 10.3 Å². The molecule has 0 bridgehead atoms. The topological polar surface area (TPSA) is 38.8 Å². The summed E-state index contributed by atoms with van der Waals surface area (Å²) < 4.78 is 0. The van der Waals surface area contributed by atoms with E-state index in [1.54, 1.807) is 0 Å². The first-order valence-electron chi connectivity index (χ1n) is 16.4. The van der Waals surface area contributed by atoms with Gasteiger partial charge in [-0.2, -0.15) is 0 Å². The number of hydrogen-bond acceptors (Lipinski definition) is 2. The first-order valence-corrected chi connectivity index (χ1v) is 16.4. The minimum absolute atomic E-state index is 0.0156. The molecule has 3 atom stereocenters.